The first-order chi connectivity index (χ1) is 9.51. The van der Waals surface area contributed by atoms with Gasteiger partial charge in [0.1, 0.15) is 12.2 Å². The van der Waals surface area contributed by atoms with Crippen molar-refractivity contribution in [1.82, 2.24) is 0 Å². The van der Waals surface area contributed by atoms with Crippen molar-refractivity contribution in [2.75, 3.05) is 26.4 Å². The highest BCUT2D eigenvalue weighted by Gasteiger charge is 2.30. The average Bonchev–Trinajstić information content (AvgIpc) is 2.45. The molecule has 0 aromatic heterocycles. The summed E-state index contributed by atoms with van der Waals surface area (Å²) >= 11 is 0. The van der Waals surface area contributed by atoms with Gasteiger partial charge in [0.05, 0.1) is 13.2 Å². The lowest BCUT2D eigenvalue weighted by atomic mass is 9.94. The van der Waals surface area contributed by atoms with Gasteiger partial charge in [0, 0.05) is 12.2 Å². The Labute approximate surface area is 123 Å². The van der Waals surface area contributed by atoms with Crippen LogP contribution in [0, 0.1) is 0 Å². The molecule has 20 heavy (non-hydrogen) atoms. The second-order valence-corrected chi connectivity index (χ2v) is 5.04. The number of hydrogen-bond donors (Lipinski definition) is 0. The van der Waals surface area contributed by atoms with E-state index < -0.39 is 5.60 Å². The fourth-order valence-electron chi connectivity index (χ4n) is 1.85. The standard InChI is InChI=1S/C16H30O4/c1-6-9-10-16(7-2,20-12-11-18-8-3)13-19-15(17)14(4)5/h4,6-13H2,1-3,5H3. The molecule has 0 aliphatic heterocycles. The van der Waals surface area contributed by atoms with Gasteiger partial charge in [-0.05, 0) is 26.7 Å². The first kappa shape index (κ1) is 19.1. The van der Waals surface area contributed by atoms with Gasteiger partial charge < -0.3 is 14.2 Å². The summed E-state index contributed by atoms with van der Waals surface area (Å²) in [6, 6.07) is 0. The minimum atomic E-state index is -0.405. The van der Waals surface area contributed by atoms with E-state index in [4.69, 9.17) is 14.2 Å². The van der Waals surface area contributed by atoms with Gasteiger partial charge in [0.25, 0.3) is 0 Å². The smallest absolute Gasteiger partial charge is 0.333 e. The molecule has 0 aliphatic carbocycles. The topological polar surface area (TPSA) is 44.8 Å². The zero-order valence-electron chi connectivity index (χ0n) is 13.5. The van der Waals surface area contributed by atoms with Gasteiger partial charge >= 0.3 is 5.97 Å². The molecule has 0 bridgehead atoms. The second kappa shape index (κ2) is 10.9. The number of rotatable bonds is 12. The van der Waals surface area contributed by atoms with E-state index in [-0.39, 0.29) is 12.6 Å². The lowest BCUT2D eigenvalue weighted by Gasteiger charge is -2.32. The van der Waals surface area contributed by atoms with Crippen molar-refractivity contribution in [1.29, 1.82) is 0 Å². The third-order valence-electron chi connectivity index (χ3n) is 3.29. The summed E-state index contributed by atoms with van der Waals surface area (Å²) in [5.41, 5.74) is 0.0119. The quantitative estimate of drug-likeness (QED) is 0.313. The highest BCUT2D eigenvalue weighted by molar-refractivity contribution is 5.86. The largest absolute Gasteiger partial charge is 0.459 e. The van der Waals surface area contributed by atoms with Crippen LogP contribution in [0.3, 0.4) is 0 Å². The van der Waals surface area contributed by atoms with Crippen molar-refractivity contribution in [3.63, 3.8) is 0 Å². The SMILES string of the molecule is C=C(C)C(=O)OCC(CC)(CCCC)OCCOCC. The lowest BCUT2D eigenvalue weighted by Crippen LogP contribution is -2.39. The Bertz CT molecular complexity index is 288. The first-order valence-electron chi connectivity index (χ1n) is 7.55. The number of carbonyl (C=O) groups excluding carboxylic acids is 1. The molecule has 4 heteroatoms. The van der Waals surface area contributed by atoms with Crippen molar-refractivity contribution >= 4 is 5.97 Å². The molecule has 0 saturated carbocycles. The summed E-state index contributed by atoms with van der Waals surface area (Å²) in [4.78, 5) is 11.6. The summed E-state index contributed by atoms with van der Waals surface area (Å²) in [6.45, 7) is 13.5. The van der Waals surface area contributed by atoms with Crippen LogP contribution in [0.5, 0.6) is 0 Å². The molecular formula is C16H30O4. The van der Waals surface area contributed by atoms with Crippen LogP contribution < -0.4 is 0 Å². The van der Waals surface area contributed by atoms with Gasteiger partial charge in [-0.3, -0.25) is 0 Å². The van der Waals surface area contributed by atoms with Gasteiger partial charge in [-0.25, -0.2) is 4.79 Å². The second-order valence-electron chi connectivity index (χ2n) is 5.04. The monoisotopic (exact) mass is 286 g/mol. The van der Waals surface area contributed by atoms with Crippen LogP contribution >= 0.6 is 0 Å². The molecule has 118 valence electrons. The van der Waals surface area contributed by atoms with Gasteiger partial charge in [0.15, 0.2) is 0 Å². The van der Waals surface area contributed by atoms with Crippen molar-refractivity contribution < 1.29 is 19.0 Å². The van der Waals surface area contributed by atoms with Gasteiger partial charge in [-0.1, -0.05) is 33.3 Å². The van der Waals surface area contributed by atoms with E-state index in [1.54, 1.807) is 6.92 Å². The molecule has 0 fully saturated rings. The zero-order valence-corrected chi connectivity index (χ0v) is 13.5. The minimum absolute atomic E-state index is 0.279. The number of esters is 1. The Kier molecular flexibility index (Phi) is 10.4. The van der Waals surface area contributed by atoms with Crippen molar-refractivity contribution in [2.24, 2.45) is 0 Å². The zero-order chi connectivity index (χ0) is 15.4. The number of unbranched alkanes of at least 4 members (excludes halogenated alkanes) is 1. The Morgan fingerprint density at radius 2 is 1.90 bits per heavy atom. The molecule has 0 aliphatic rings. The van der Waals surface area contributed by atoms with Crippen LogP contribution in [0.25, 0.3) is 0 Å². The van der Waals surface area contributed by atoms with Crippen LogP contribution in [0.4, 0.5) is 0 Å². The summed E-state index contributed by atoms with van der Waals surface area (Å²) in [7, 11) is 0. The lowest BCUT2D eigenvalue weighted by molar-refractivity contribution is -0.155. The Hall–Kier alpha value is -0.870. The molecule has 1 atom stereocenters. The molecule has 0 amide bonds. The van der Waals surface area contributed by atoms with Crippen LogP contribution in [0.2, 0.25) is 0 Å². The molecule has 0 aromatic rings. The van der Waals surface area contributed by atoms with Gasteiger partial charge in [0.2, 0.25) is 0 Å². The maximum atomic E-state index is 11.6. The highest BCUT2D eigenvalue weighted by Crippen LogP contribution is 2.24. The normalized spacial score (nSPS) is 13.8. The van der Waals surface area contributed by atoms with Crippen LogP contribution in [0.1, 0.15) is 53.4 Å². The van der Waals surface area contributed by atoms with Gasteiger partial charge in [-0.15, -0.1) is 0 Å². The summed E-state index contributed by atoms with van der Waals surface area (Å²) < 4.78 is 16.6. The number of ether oxygens (including phenoxy) is 3. The third kappa shape index (κ3) is 7.65. The molecule has 0 N–H and O–H groups in total. The fraction of sp³-hybridized carbons (Fsp3) is 0.812. The van der Waals surface area contributed by atoms with E-state index in [9.17, 15) is 4.79 Å². The van der Waals surface area contributed by atoms with Crippen LogP contribution in [0.15, 0.2) is 12.2 Å². The van der Waals surface area contributed by atoms with Crippen LogP contribution in [-0.4, -0.2) is 38.0 Å². The summed E-state index contributed by atoms with van der Waals surface area (Å²) in [6.07, 6.45) is 3.83. The highest BCUT2D eigenvalue weighted by atomic mass is 16.6. The molecule has 0 saturated heterocycles. The first-order valence-corrected chi connectivity index (χ1v) is 7.55. The molecule has 0 rings (SSSR count). The molecule has 1 unspecified atom stereocenters. The predicted octanol–water partition coefficient (Wildman–Crippen LogP) is 3.50. The van der Waals surface area contributed by atoms with Crippen LogP contribution in [-0.2, 0) is 19.0 Å². The predicted molar refractivity (Wildman–Crippen MR) is 80.8 cm³/mol. The number of hydrogen-bond acceptors (Lipinski definition) is 4. The van der Waals surface area contributed by atoms with E-state index in [1.807, 2.05) is 6.92 Å². The Balaban J connectivity index is 4.48. The summed E-state index contributed by atoms with van der Waals surface area (Å²) in [5, 5.41) is 0. The fourth-order valence-corrected chi connectivity index (χ4v) is 1.85. The molecular weight excluding hydrogens is 256 g/mol. The molecule has 0 heterocycles. The molecule has 4 nitrogen and oxygen atoms in total. The van der Waals surface area contributed by atoms with Crippen molar-refractivity contribution in [3.05, 3.63) is 12.2 Å². The van der Waals surface area contributed by atoms with E-state index in [1.165, 1.54) is 0 Å². The van der Waals surface area contributed by atoms with Gasteiger partial charge in [-0.2, -0.15) is 0 Å². The molecule has 0 spiro atoms. The minimum Gasteiger partial charge on any atom is -0.459 e. The van der Waals surface area contributed by atoms with Crippen molar-refractivity contribution in [2.45, 2.75) is 59.0 Å². The van der Waals surface area contributed by atoms with E-state index in [2.05, 4.69) is 20.4 Å². The molecule has 0 radical (unpaired) electrons. The maximum Gasteiger partial charge on any atom is 0.333 e. The number of carbonyl (C=O) groups is 1. The maximum absolute atomic E-state index is 11.6. The average molecular weight is 286 g/mol. The Morgan fingerprint density at radius 1 is 1.20 bits per heavy atom. The van der Waals surface area contributed by atoms with E-state index in [0.29, 0.717) is 25.4 Å². The molecule has 0 aromatic carbocycles. The third-order valence-corrected chi connectivity index (χ3v) is 3.29. The van der Waals surface area contributed by atoms with E-state index in [0.717, 1.165) is 25.7 Å². The van der Waals surface area contributed by atoms with E-state index >= 15 is 0 Å². The van der Waals surface area contributed by atoms with Crippen molar-refractivity contribution in [3.8, 4) is 0 Å². The summed E-state index contributed by atoms with van der Waals surface area (Å²) in [5.74, 6) is -0.354. The Morgan fingerprint density at radius 3 is 2.40 bits per heavy atom.